The Balaban J connectivity index is 2.23. The van der Waals surface area contributed by atoms with Gasteiger partial charge < -0.3 is 14.6 Å². The average molecular weight is 247 g/mol. The largest absolute Gasteiger partial charge is 0.490 e. The van der Waals surface area contributed by atoms with Gasteiger partial charge in [-0.25, -0.2) is 0 Å². The summed E-state index contributed by atoms with van der Waals surface area (Å²) in [6, 6.07) is 9.50. The number of aliphatic hydroxyl groups excluding tert-OH is 1. The van der Waals surface area contributed by atoms with E-state index >= 15 is 0 Å². The maximum Gasteiger partial charge on any atom is 0.130 e. The third-order valence-corrected chi connectivity index (χ3v) is 2.58. The second-order valence-electron chi connectivity index (χ2n) is 3.83. The van der Waals surface area contributed by atoms with Crippen LogP contribution in [0.1, 0.15) is 12.6 Å². The van der Waals surface area contributed by atoms with E-state index in [9.17, 15) is 5.11 Å². The molecule has 0 saturated carbocycles. The van der Waals surface area contributed by atoms with Gasteiger partial charge in [-0.05, 0) is 19.1 Å². The van der Waals surface area contributed by atoms with Gasteiger partial charge in [-0.1, -0.05) is 12.1 Å². The van der Waals surface area contributed by atoms with E-state index in [0.717, 1.165) is 16.7 Å². The molecule has 96 valence electrons. The van der Waals surface area contributed by atoms with Crippen LogP contribution in [0.15, 0.2) is 30.3 Å². The molecule has 0 unspecified atom stereocenters. The lowest BCUT2D eigenvalue weighted by atomic mass is 10.2. The molecule has 4 heteroatoms. The highest BCUT2D eigenvalue weighted by molar-refractivity contribution is 5.85. The molecule has 0 radical (unpaired) electrons. The SMILES string of the molecule is CCOCCOc1cc(CO)nc2ccccc12. The highest BCUT2D eigenvalue weighted by atomic mass is 16.5. The molecule has 2 rings (SSSR count). The van der Waals surface area contributed by atoms with Crippen molar-refractivity contribution in [2.45, 2.75) is 13.5 Å². The number of para-hydroxylation sites is 1. The van der Waals surface area contributed by atoms with Crippen LogP contribution in [-0.4, -0.2) is 29.9 Å². The van der Waals surface area contributed by atoms with Gasteiger partial charge in [-0.2, -0.15) is 0 Å². The fraction of sp³-hybridized carbons (Fsp3) is 0.357. The Labute approximate surface area is 106 Å². The van der Waals surface area contributed by atoms with Crippen molar-refractivity contribution in [3.05, 3.63) is 36.0 Å². The van der Waals surface area contributed by atoms with E-state index in [1.807, 2.05) is 31.2 Å². The summed E-state index contributed by atoms with van der Waals surface area (Å²) in [5.41, 5.74) is 1.44. The molecule has 0 atom stereocenters. The molecule has 0 aliphatic heterocycles. The molecule has 1 N–H and O–H groups in total. The number of rotatable bonds is 6. The zero-order valence-electron chi connectivity index (χ0n) is 10.4. The molecule has 1 aromatic carbocycles. The molecule has 0 amide bonds. The Kier molecular flexibility index (Phi) is 4.50. The highest BCUT2D eigenvalue weighted by Crippen LogP contribution is 2.25. The van der Waals surface area contributed by atoms with Crippen molar-refractivity contribution >= 4 is 10.9 Å². The molecule has 2 aromatic rings. The first-order valence-corrected chi connectivity index (χ1v) is 6.05. The summed E-state index contributed by atoms with van der Waals surface area (Å²) in [6.45, 7) is 3.59. The van der Waals surface area contributed by atoms with Gasteiger partial charge >= 0.3 is 0 Å². The minimum atomic E-state index is -0.0906. The van der Waals surface area contributed by atoms with Crippen molar-refractivity contribution in [3.8, 4) is 5.75 Å². The summed E-state index contributed by atoms with van der Waals surface area (Å²) in [5, 5.41) is 10.1. The van der Waals surface area contributed by atoms with Crippen LogP contribution >= 0.6 is 0 Å². The van der Waals surface area contributed by atoms with Gasteiger partial charge in [0, 0.05) is 18.1 Å². The Morgan fingerprint density at radius 1 is 1.22 bits per heavy atom. The van der Waals surface area contributed by atoms with Gasteiger partial charge in [-0.15, -0.1) is 0 Å². The summed E-state index contributed by atoms with van der Waals surface area (Å²) < 4.78 is 10.9. The molecule has 0 bridgehead atoms. The normalized spacial score (nSPS) is 10.8. The zero-order valence-corrected chi connectivity index (χ0v) is 10.4. The van der Waals surface area contributed by atoms with Gasteiger partial charge in [0.1, 0.15) is 12.4 Å². The second-order valence-corrected chi connectivity index (χ2v) is 3.83. The molecule has 4 nitrogen and oxygen atoms in total. The van der Waals surface area contributed by atoms with E-state index in [1.165, 1.54) is 0 Å². The molecule has 0 aliphatic carbocycles. The molecule has 1 aromatic heterocycles. The summed E-state index contributed by atoms with van der Waals surface area (Å²) in [7, 11) is 0. The first-order valence-electron chi connectivity index (χ1n) is 6.05. The number of ether oxygens (including phenoxy) is 2. The predicted molar refractivity (Wildman–Crippen MR) is 69.7 cm³/mol. The lowest BCUT2D eigenvalue weighted by molar-refractivity contribution is 0.110. The maximum absolute atomic E-state index is 9.19. The summed E-state index contributed by atoms with van der Waals surface area (Å²) in [4.78, 5) is 4.34. The van der Waals surface area contributed by atoms with Crippen molar-refractivity contribution in [1.29, 1.82) is 0 Å². The Hall–Kier alpha value is -1.65. The molecule has 0 aliphatic rings. The lowest BCUT2D eigenvalue weighted by Crippen LogP contribution is -2.07. The molecular weight excluding hydrogens is 230 g/mol. The number of fused-ring (bicyclic) bond motifs is 1. The second kappa shape index (κ2) is 6.33. The van der Waals surface area contributed by atoms with Gasteiger partial charge in [0.25, 0.3) is 0 Å². The van der Waals surface area contributed by atoms with E-state index in [1.54, 1.807) is 6.07 Å². The van der Waals surface area contributed by atoms with Crippen molar-refractivity contribution in [3.63, 3.8) is 0 Å². The van der Waals surface area contributed by atoms with E-state index < -0.39 is 0 Å². The highest BCUT2D eigenvalue weighted by Gasteiger charge is 2.06. The number of benzene rings is 1. The smallest absolute Gasteiger partial charge is 0.130 e. The van der Waals surface area contributed by atoms with E-state index in [-0.39, 0.29) is 6.61 Å². The van der Waals surface area contributed by atoms with Crippen molar-refractivity contribution in [1.82, 2.24) is 4.98 Å². The first-order chi connectivity index (χ1) is 8.85. The summed E-state index contributed by atoms with van der Waals surface area (Å²) in [6.07, 6.45) is 0. The molecular formula is C14H17NO3. The van der Waals surface area contributed by atoms with Crippen LogP contribution in [0.3, 0.4) is 0 Å². The van der Waals surface area contributed by atoms with Gasteiger partial charge in [0.05, 0.1) is 24.4 Å². The van der Waals surface area contributed by atoms with Crippen LogP contribution in [0.5, 0.6) is 5.75 Å². The number of nitrogens with zero attached hydrogens (tertiary/aromatic N) is 1. The third kappa shape index (κ3) is 2.97. The Morgan fingerprint density at radius 3 is 2.83 bits per heavy atom. The molecule has 0 fully saturated rings. The number of hydrogen-bond donors (Lipinski definition) is 1. The Morgan fingerprint density at radius 2 is 2.06 bits per heavy atom. The molecule has 0 spiro atoms. The monoisotopic (exact) mass is 247 g/mol. The number of aromatic nitrogens is 1. The van der Waals surface area contributed by atoms with Crippen molar-refractivity contribution in [2.75, 3.05) is 19.8 Å². The van der Waals surface area contributed by atoms with E-state index in [4.69, 9.17) is 9.47 Å². The fourth-order valence-electron chi connectivity index (χ4n) is 1.75. The maximum atomic E-state index is 9.19. The minimum Gasteiger partial charge on any atom is -0.490 e. The quantitative estimate of drug-likeness (QED) is 0.795. The van der Waals surface area contributed by atoms with Gasteiger partial charge in [-0.3, -0.25) is 4.98 Å². The van der Waals surface area contributed by atoms with Crippen molar-refractivity contribution < 1.29 is 14.6 Å². The van der Waals surface area contributed by atoms with E-state index in [2.05, 4.69) is 4.98 Å². The number of aliphatic hydroxyl groups is 1. The topological polar surface area (TPSA) is 51.6 Å². The van der Waals surface area contributed by atoms with Crippen LogP contribution in [0.25, 0.3) is 10.9 Å². The Bertz CT molecular complexity index is 513. The minimum absolute atomic E-state index is 0.0906. The number of hydrogen-bond acceptors (Lipinski definition) is 4. The molecule has 0 saturated heterocycles. The molecule has 1 heterocycles. The standard InChI is InChI=1S/C14H17NO3/c1-2-17-7-8-18-14-9-11(10-16)15-13-6-4-3-5-12(13)14/h3-6,9,16H,2,7-8,10H2,1H3. The average Bonchev–Trinajstić information content (AvgIpc) is 2.43. The van der Waals surface area contributed by atoms with Gasteiger partial charge in [0.2, 0.25) is 0 Å². The first kappa shape index (κ1) is 12.8. The predicted octanol–water partition coefficient (Wildman–Crippen LogP) is 2.14. The van der Waals surface area contributed by atoms with Crippen LogP contribution < -0.4 is 4.74 Å². The molecule has 18 heavy (non-hydrogen) atoms. The van der Waals surface area contributed by atoms with Crippen LogP contribution in [0.4, 0.5) is 0 Å². The zero-order chi connectivity index (χ0) is 12.8. The van der Waals surface area contributed by atoms with E-state index in [0.29, 0.717) is 25.5 Å². The van der Waals surface area contributed by atoms with Crippen LogP contribution in [-0.2, 0) is 11.3 Å². The van der Waals surface area contributed by atoms with Crippen LogP contribution in [0, 0.1) is 0 Å². The summed E-state index contributed by atoms with van der Waals surface area (Å²) >= 11 is 0. The fourth-order valence-corrected chi connectivity index (χ4v) is 1.75. The summed E-state index contributed by atoms with van der Waals surface area (Å²) in [5.74, 6) is 0.740. The van der Waals surface area contributed by atoms with Crippen molar-refractivity contribution in [2.24, 2.45) is 0 Å². The third-order valence-electron chi connectivity index (χ3n) is 2.58. The number of pyridine rings is 1. The van der Waals surface area contributed by atoms with Crippen LogP contribution in [0.2, 0.25) is 0 Å². The van der Waals surface area contributed by atoms with Gasteiger partial charge in [0.15, 0.2) is 0 Å². The lowest BCUT2D eigenvalue weighted by Gasteiger charge is -2.10.